The Kier molecular flexibility index (Phi) is 1.77. The van der Waals surface area contributed by atoms with Crippen molar-refractivity contribution in [2.75, 3.05) is 0 Å². The van der Waals surface area contributed by atoms with Crippen LogP contribution in [0.25, 0.3) is 16.8 Å². The molecule has 2 heteroatoms. The van der Waals surface area contributed by atoms with E-state index in [0.29, 0.717) is 0 Å². The molecule has 0 unspecified atom stereocenters. The topological polar surface area (TPSA) is 13.1 Å². The molecule has 0 bridgehead atoms. The quantitative estimate of drug-likeness (QED) is 0.715. The van der Waals surface area contributed by atoms with Gasteiger partial charge < -0.3 is 4.42 Å². The number of halogens is 1. The van der Waals surface area contributed by atoms with E-state index < -0.39 is 0 Å². The Morgan fingerprint density at radius 2 is 2.17 bits per heavy atom. The number of fused-ring (bicyclic) bond motifs is 1. The maximum absolute atomic E-state index is 5.09. The Morgan fingerprint density at radius 3 is 2.92 bits per heavy atom. The fourth-order valence-corrected chi connectivity index (χ4v) is 1.75. The zero-order valence-electron chi connectivity index (χ0n) is 6.38. The van der Waals surface area contributed by atoms with Crippen molar-refractivity contribution >= 4 is 32.8 Å². The third-order valence-corrected chi connectivity index (χ3v) is 2.54. The summed E-state index contributed by atoms with van der Waals surface area (Å²) in [6.07, 6.45) is 5.29. The second-order valence-electron chi connectivity index (χ2n) is 2.54. The van der Waals surface area contributed by atoms with Crippen LogP contribution in [0.2, 0.25) is 0 Å². The smallest absolute Gasteiger partial charge is 0.0987 e. The van der Waals surface area contributed by atoms with Crippen molar-refractivity contribution in [3.8, 4) is 0 Å². The largest absolute Gasteiger partial charge is 0.471 e. The van der Waals surface area contributed by atoms with Crippen molar-refractivity contribution in [2.24, 2.45) is 0 Å². The van der Waals surface area contributed by atoms with Gasteiger partial charge in [-0.15, -0.1) is 0 Å². The van der Waals surface area contributed by atoms with Crippen LogP contribution in [0.4, 0.5) is 0 Å². The Balaban J connectivity index is 2.91. The van der Waals surface area contributed by atoms with Crippen molar-refractivity contribution in [1.29, 1.82) is 0 Å². The fourth-order valence-electron chi connectivity index (χ4n) is 1.24. The molecule has 60 valence electrons. The summed E-state index contributed by atoms with van der Waals surface area (Å²) in [5, 5.41) is 2.20. The first-order valence-electron chi connectivity index (χ1n) is 3.60. The molecule has 0 fully saturated rings. The SMILES string of the molecule is C=Cc1c(Br)ccc2cocc12. The first kappa shape index (κ1) is 7.62. The van der Waals surface area contributed by atoms with Gasteiger partial charge in [0.25, 0.3) is 0 Å². The third-order valence-electron chi connectivity index (χ3n) is 1.85. The summed E-state index contributed by atoms with van der Waals surface area (Å²) in [6.45, 7) is 3.75. The van der Waals surface area contributed by atoms with Crippen LogP contribution in [0, 0.1) is 0 Å². The van der Waals surface area contributed by atoms with E-state index in [1.165, 1.54) is 0 Å². The van der Waals surface area contributed by atoms with Crippen LogP contribution in [-0.4, -0.2) is 0 Å². The molecular weight excluding hydrogens is 216 g/mol. The van der Waals surface area contributed by atoms with Crippen molar-refractivity contribution in [3.63, 3.8) is 0 Å². The Morgan fingerprint density at radius 1 is 1.33 bits per heavy atom. The highest BCUT2D eigenvalue weighted by Gasteiger charge is 2.03. The van der Waals surface area contributed by atoms with E-state index in [0.717, 1.165) is 20.8 Å². The first-order chi connectivity index (χ1) is 5.83. The summed E-state index contributed by atoms with van der Waals surface area (Å²) in [7, 11) is 0. The van der Waals surface area contributed by atoms with Gasteiger partial charge in [-0.05, 0) is 17.7 Å². The van der Waals surface area contributed by atoms with Crippen molar-refractivity contribution in [1.82, 2.24) is 0 Å². The highest BCUT2D eigenvalue weighted by Crippen LogP contribution is 2.27. The molecule has 0 saturated heterocycles. The lowest BCUT2D eigenvalue weighted by atomic mass is 10.1. The monoisotopic (exact) mass is 222 g/mol. The van der Waals surface area contributed by atoms with Crippen molar-refractivity contribution in [3.05, 3.63) is 41.3 Å². The minimum absolute atomic E-state index is 1.05. The van der Waals surface area contributed by atoms with E-state index in [1.54, 1.807) is 12.5 Å². The van der Waals surface area contributed by atoms with Crippen LogP contribution in [0.15, 0.2) is 40.1 Å². The molecule has 0 amide bonds. The van der Waals surface area contributed by atoms with Gasteiger partial charge in [-0.1, -0.05) is 28.6 Å². The normalized spacial score (nSPS) is 10.4. The molecule has 0 saturated carbocycles. The summed E-state index contributed by atoms with van der Waals surface area (Å²) in [6, 6.07) is 4.00. The van der Waals surface area contributed by atoms with Crippen molar-refractivity contribution in [2.45, 2.75) is 0 Å². The molecule has 1 aromatic carbocycles. The zero-order chi connectivity index (χ0) is 8.55. The van der Waals surface area contributed by atoms with E-state index in [4.69, 9.17) is 4.42 Å². The Bertz CT molecular complexity index is 428. The van der Waals surface area contributed by atoms with Crippen LogP contribution in [0.3, 0.4) is 0 Å². The Labute approximate surface area is 78.8 Å². The molecule has 1 aromatic heterocycles. The summed E-state index contributed by atoms with van der Waals surface area (Å²) in [5.41, 5.74) is 1.08. The number of hydrogen-bond donors (Lipinski definition) is 0. The number of furan rings is 1. The summed E-state index contributed by atoms with van der Waals surface area (Å²) >= 11 is 3.45. The van der Waals surface area contributed by atoms with Crippen LogP contribution in [0.5, 0.6) is 0 Å². The average molecular weight is 223 g/mol. The van der Waals surface area contributed by atoms with E-state index in [9.17, 15) is 0 Å². The number of rotatable bonds is 1. The molecule has 0 spiro atoms. The molecule has 1 heterocycles. The van der Waals surface area contributed by atoms with E-state index in [1.807, 2.05) is 18.2 Å². The molecule has 12 heavy (non-hydrogen) atoms. The predicted molar refractivity (Wildman–Crippen MR) is 54.0 cm³/mol. The van der Waals surface area contributed by atoms with Gasteiger partial charge in [0, 0.05) is 15.2 Å². The maximum Gasteiger partial charge on any atom is 0.0987 e. The van der Waals surface area contributed by atoms with Crippen LogP contribution in [0.1, 0.15) is 5.56 Å². The molecule has 0 radical (unpaired) electrons. The van der Waals surface area contributed by atoms with Crippen molar-refractivity contribution < 1.29 is 4.42 Å². The van der Waals surface area contributed by atoms with Gasteiger partial charge in [-0.25, -0.2) is 0 Å². The average Bonchev–Trinajstić information content (AvgIpc) is 2.52. The zero-order valence-corrected chi connectivity index (χ0v) is 7.97. The molecular formula is C10H7BrO. The van der Waals surface area contributed by atoms with Crippen LogP contribution < -0.4 is 0 Å². The van der Waals surface area contributed by atoms with Gasteiger partial charge in [0.15, 0.2) is 0 Å². The molecule has 2 rings (SSSR count). The fraction of sp³-hybridized carbons (Fsp3) is 0. The molecule has 0 aliphatic heterocycles. The summed E-state index contributed by atoms with van der Waals surface area (Å²) < 4.78 is 6.14. The van der Waals surface area contributed by atoms with Gasteiger partial charge in [-0.2, -0.15) is 0 Å². The Hall–Kier alpha value is -1.02. The molecule has 0 aliphatic rings. The minimum Gasteiger partial charge on any atom is -0.471 e. The van der Waals surface area contributed by atoms with E-state index in [-0.39, 0.29) is 0 Å². The highest BCUT2D eigenvalue weighted by molar-refractivity contribution is 9.10. The second-order valence-corrected chi connectivity index (χ2v) is 3.39. The standard InChI is InChI=1S/C10H7BrO/c1-2-8-9-6-12-5-7(9)3-4-10(8)11/h2-6H,1H2. The molecule has 0 atom stereocenters. The van der Waals surface area contributed by atoms with Gasteiger partial charge in [0.1, 0.15) is 0 Å². The molecule has 2 aromatic rings. The van der Waals surface area contributed by atoms with Gasteiger partial charge in [0.2, 0.25) is 0 Å². The third kappa shape index (κ3) is 0.994. The molecule has 0 aliphatic carbocycles. The molecule has 0 N–H and O–H groups in total. The van der Waals surface area contributed by atoms with E-state index in [2.05, 4.69) is 22.5 Å². The number of benzene rings is 1. The van der Waals surface area contributed by atoms with E-state index >= 15 is 0 Å². The van der Waals surface area contributed by atoms with Gasteiger partial charge in [0.05, 0.1) is 12.5 Å². The first-order valence-corrected chi connectivity index (χ1v) is 4.39. The van der Waals surface area contributed by atoms with Crippen LogP contribution in [-0.2, 0) is 0 Å². The summed E-state index contributed by atoms with van der Waals surface area (Å²) in [4.78, 5) is 0. The summed E-state index contributed by atoms with van der Waals surface area (Å²) in [5.74, 6) is 0. The number of hydrogen-bond acceptors (Lipinski definition) is 1. The minimum atomic E-state index is 1.05. The van der Waals surface area contributed by atoms with Gasteiger partial charge in [-0.3, -0.25) is 0 Å². The highest BCUT2D eigenvalue weighted by atomic mass is 79.9. The van der Waals surface area contributed by atoms with Crippen LogP contribution >= 0.6 is 15.9 Å². The maximum atomic E-state index is 5.09. The lowest BCUT2D eigenvalue weighted by Gasteiger charge is -1.98. The predicted octanol–water partition coefficient (Wildman–Crippen LogP) is 3.84. The second kappa shape index (κ2) is 2.79. The lowest BCUT2D eigenvalue weighted by Crippen LogP contribution is -1.75. The molecule has 1 nitrogen and oxygen atoms in total. The van der Waals surface area contributed by atoms with Gasteiger partial charge >= 0.3 is 0 Å². The lowest BCUT2D eigenvalue weighted by molar-refractivity contribution is 0.572.